The highest BCUT2D eigenvalue weighted by Crippen LogP contribution is 2.33. The van der Waals surface area contributed by atoms with Gasteiger partial charge in [-0.1, -0.05) is 6.92 Å². The van der Waals surface area contributed by atoms with Gasteiger partial charge in [-0.05, 0) is 37.1 Å². The van der Waals surface area contributed by atoms with Crippen LogP contribution in [0.25, 0.3) is 10.9 Å². The van der Waals surface area contributed by atoms with Crippen LogP contribution in [0.15, 0.2) is 18.2 Å². The minimum absolute atomic E-state index is 0.0229. The van der Waals surface area contributed by atoms with Gasteiger partial charge in [0, 0.05) is 11.1 Å². The molecule has 3 nitrogen and oxygen atoms in total. The molecule has 0 amide bonds. The molecule has 1 aromatic heterocycles. The third kappa shape index (κ3) is 2.33. The van der Waals surface area contributed by atoms with Crippen molar-refractivity contribution in [1.29, 1.82) is 0 Å². The molecule has 20 heavy (non-hydrogen) atoms. The number of carbonyl (C=O) groups is 1. The lowest BCUT2D eigenvalue weighted by atomic mass is 9.97. The number of fused-ring (bicyclic) bond motifs is 1. The number of hydrogen-bond donors (Lipinski definition) is 1. The van der Waals surface area contributed by atoms with Crippen LogP contribution in [0.4, 0.5) is 13.2 Å². The Labute approximate surface area is 113 Å². The molecule has 106 valence electrons. The van der Waals surface area contributed by atoms with Gasteiger partial charge >= 0.3 is 12.1 Å². The lowest BCUT2D eigenvalue weighted by molar-refractivity contribution is -0.137. The summed E-state index contributed by atoms with van der Waals surface area (Å²) >= 11 is 0. The topological polar surface area (TPSA) is 50.2 Å². The standard InChI is InChI=1S/C14H12F3NO2/c1-3-9-7(2)18-11-5-4-8(14(15,16)17)6-10(11)12(9)13(19)20/h4-6H,3H2,1-2H3,(H,19,20). The number of rotatable bonds is 2. The van der Waals surface area contributed by atoms with Crippen molar-refractivity contribution in [1.82, 2.24) is 4.98 Å². The maximum absolute atomic E-state index is 12.7. The third-order valence-electron chi connectivity index (χ3n) is 3.19. The Morgan fingerprint density at radius 2 is 2.00 bits per heavy atom. The summed E-state index contributed by atoms with van der Waals surface area (Å²) in [5.41, 5.74) is 0.271. The number of pyridine rings is 1. The van der Waals surface area contributed by atoms with Crippen LogP contribution in [-0.2, 0) is 12.6 Å². The number of carboxylic acid groups (broad SMARTS) is 1. The fourth-order valence-electron chi connectivity index (χ4n) is 2.28. The lowest BCUT2D eigenvalue weighted by Crippen LogP contribution is -2.09. The summed E-state index contributed by atoms with van der Waals surface area (Å²) in [5.74, 6) is -1.24. The summed E-state index contributed by atoms with van der Waals surface area (Å²) in [6.45, 7) is 3.40. The van der Waals surface area contributed by atoms with Crippen molar-refractivity contribution >= 4 is 16.9 Å². The van der Waals surface area contributed by atoms with E-state index in [1.807, 2.05) is 0 Å². The predicted molar refractivity (Wildman–Crippen MR) is 67.8 cm³/mol. The van der Waals surface area contributed by atoms with Crippen molar-refractivity contribution < 1.29 is 23.1 Å². The Morgan fingerprint density at radius 1 is 1.35 bits per heavy atom. The smallest absolute Gasteiger partial charge is 0.416 e. The summed E-state index contributed by atoms with van der Waals surface area (Å²) in [6.07, 6.45) is -4.12. The molecule has 0 fully saturated rings. The third-order valence-corrected chi connectivity index (χ3v) is 3.19. The molecular formula is C14H12F3NO2. The van der Waals surface area contributed by atoms with E-state index < -0.39 is 17.7 Å². The second-order valence-electron chi connectivity index (χ2n) is 4.44. The monoisotopic (exact) mass is 283 g/mol. The van der Waals surface area contributed by atoms with E-state index >= 15 is 0 Å². The average Bonchev–Trinajstić information content (AvgIpc) is 2.35. The average molecular weight is 283 g/mol. The van der Waals surface area contributed by atoms with Gasteiger partial charge in [0.25, 0.3) is 0 Å². The maximum Gasteiger partial charge on any atom is 0.416 e. The van der Waals surface area contributed by atoms with Crippen LogP contribution in [0.3, 0.4) is 0 Å². The normalized spacial score (nSPS) is 11.8. The molecule has 1 aromatic carbocycles. The zero-order chi connectivity index (χ0) is 15.1. The number of carboxylic acids is 1. The second kappa shape index (κ2) is 4.77. The van der Waals surface area contributed by atoms with Crippen LogP contribution in [0.5, 0.6) is 0 Å². The molecule has 6 heteroatoms. The first-order valence-electron chi connectivity index (χ1n) is 5.99. The molecule has 0 aliphatic carbocycles. The summed E-state index contributed by atoms with van der Waals surface area (Å²) < 4.78 is 38.2. The van der Waals surface area contributed by atoms with Crippen molar-refractivity contribution in [2.24, 2.45) is 0 Å². The van der Waals surface area contributed by atoms with Gasteiger partial charge in [-0.25, -0.2) is 4.79 Å². The van der Waals surface area contributed by atoms with Crippen molar-refractivity contribution in [2.45, 2.75) is 26.4 Å². The molecule has 2 aromatic rings. The van der Waals surface area contributed by atoms with E-state index in [0.29, 0.717) is 17.7 Å². The minimum Gasteiger partial charge on any atom is -0.478 e. The van der Waals surface area contributed by atoms with E-state index in [2.05, 4.69) is 4.98 Å². The van der Waals surface area contributed by atoms with E-state index in [4.69, 9.17) is 0 Å². The number of benzene rings is 1. The Hall–Kier alpha value is -2.11. The van der Waals surface area contributed by atoms with Gasteiger partial charge in [0.15, 0.2) is 0 Å². The van der Waals surface area contributed by atoms with E-state index in [9.17, 15) is 23.1 Å². The van der Waals surface area contributed by atoms with E-state index in [-0.39, 0.29) is 16.5 Å². The highest BCUT2D eigenvalue weighted by Gasteiger charge is 2.31. The van der Waals surface area contributed by atoms with Crippen molar-refractivity contribution in [3.05, 3.63) is 40.6 Å². The first kappa shape index (κ1) is 14.3. The highest BCUT2D eigenvalue weighted by atomic mass is 19.4. The molecule has 0 saturated carbocycles. The number of aromatic carboxylic acids is 1. The number of nitrogens with zero attached hydrogens (tertiary/aromatic N) is 1. The largest absolute Gasteiger partial charge is 0.478 e. The lowest BCUT2D eigenvalue weighted by Gasteiger charge is -2.13. The van der Waals surface area contributed by atoms with Gasteiger partial charge in [-0.15, -0.1) is 0 Å². The van der Waals surface area contributed by atoms with Crippen LogP contribution in [0.2, 0.25) is 0 Å². The highest BCUT2D eigenvalue weighted by molar-refractivity contribution is 6.04. The maximum atomic E-state index is 12.7. The summed E-state index contributed by atoms with van der Waals surface area (Å²) in [6, 6.07) is 2.97. The molecular weight excluding hydrogens is 271 g/mol. The Bertz CT molecular complexity index is 693. The van der Waals surface area contributed by atoms with E-state index in [1.54, 1.807) is 13.8 Å². The van der Waals surface area contributed by atoms with Gasteiger partial charge in [0.1, 0.15) is 0 Å². The SMILES string of the molecule is CCc1c(C)nc2ccc(C(F)(F)F)cc2c1C(=O)O. The second-order valence-corrected chi connectivity index (χ2v) is 4.44. The number of hydrogen-bond acceptors (Lipinski definition) is 2. The molecule has 2 rings (SSSR count). The van der Waals surface area contributed by atoms with Crippen molar-refractivity contribution in [3.8, 4) is 0 Å². The van der Waals surface area contributed by atoms with Crippen LogP contribution >= 0.6 is 0 Å². The van der Waals surface area contributed by atoms with Crippen molar-refractivity contribution in [3.63, 3.8) is 0 Å². The minimum atomic E-state index is -4.51. The van der Waals surface area contributed by atoms with Gasteiger partial charge in [0.2, 0.25) is 0 Å². The quantitative estimate of drug-likeness (QED) is 0.911. The summed E-state index contributed by atoms with van der Waals surface area (Å²) in [7, 11) is 0. The number of alkyl halides is 3. The zero-order valence-electron chi connectivity index (χ0n) is 10.9. The number of halogens is 3. The van der Waals surface area contributed by atoms with E-state index in [1.165, 1.54) is 6.07 Å². The Kier molecular flexibility index (Phi) is 3.41. The van der Waals surface area contributed by atoms with Crippen LogP contribution in [0, 0.1) is 6.92 Å². The van der Waals surface area contributed by atoms with Crippen LogP contribution in [-0.4, -0.2) is 16.1 Å². The molecule has 0 spiro atoms. The molecule has 1 N–H and O–H groups in total. The van der Waals surface area contributed by atoms with Gasteiger partial charge < -0.3 is 5.11 Å². The summed E-state index contributed by atoms with van der Waals surface area (Å²) in [4.78, 5) is 15.6. The Morgan fingerprint density at radius 3 is 2.50 bits per heavy atom. The molecule has 0 radical (unpaired) electrons. The molecule has 0 aliphatic rings. The molecule has 0 aliphatic heterocycles. The van der Waals surface area contributed by atoms with Crippen LogP contribution < -0.4 is 0 Å². The number of aryl methyl sites for hydroxylation is 1. The molecule has 0 unspecified atom stereocenters. The van der Waals surface area contributed by atoms with E-state index in [0.717, 1.165) is 12.1 Å². The zero-order valence-corrected chi connectivity index (χ0v) is 10.9. The summed E-state index contributed by atoms with van der Waals surface area (Å²) in [5, 5.41) is 9.33. The molecule has 0 atom stereocenters. The van der Waals surface area contributed by atoms with Gasteiger partial charge in [-0.3, -0.25) is 4.98 Å². The molecule has 0 bridgehead atoms. The predicted octanol–water partition coefficient (Wildman–Crippen LogP) is 3.82. The number of aromatic nitrogens is 1. The molecule has 1 heterocycles. The first-order valence-corrected chi connectivity index (χ1v) is 5.99. The van der Waals surface area contributed by atoms with Crippen LogP contribution in [0.1, 0.15) is 34.1 Å². The van der Waals surface area contributed by atoms with Gasteiger partial charge in [-0.2, -0.15) is 13.2 Å². The molecule has 0 saturated heterocycles. The first-order chi connectivity index (χ1) is 9.25. The fourth-order valence-corrected chi connectivity index (χ4v) is 2.28. The fraction of sp³-hybridized carbons (Fsp3) is 0.286. The van der Waals surface area contributed by atoms with Crippen molar-refractivity contribution in [2.75, 3.05) is 0 Å². The van der Waals surface area contributed by atoms with Gasteiger partial charge in [0.05, 0.1) is 16.6 Å². The Balaban J connectivity index is 2.88.